The standard InChI is InChI=1S/C7H14N2.ClHO4/c1-4-9-6-5-8(3)7(9)2;2-1(3,4)5/h5-7H,4H2,1-3H3;(H,2,3,4,5). The summed E-state index contributed by atoms with van der Waals surface area (Å²) in [6, 6.07) is 0. The molecule has 14 heavy (non-hydrogen) atoms. The summed E-state index contributed by atoms with van der Waals surface area (Å²) in [5, 5.41) is 0. The highest BCUT2D eigenvalue weighted by Crippen LogP contribution is 2.11. The van der Waals surface area contributed by atoms with Gasteiger partial charge in [0.05, 0.1) is 21.1 Å². The second-order valence-corrected chi connectivity index (χ2v) is 3.61. The van der Waals surface area contributed by atoms with Gasteiger partial charge in [0.2, 0.25) is 0 Å². The van der Waals surface area contributed by atoms with Gasteiger partial charge in [0.25, 0.3) is 0 Å². The van der Waals surface area contributed by atoms with Crippen molar-refractivity contribution >= 4 is 0 Å². The summed E-state index contributed by atoms with van der Waals surface area (Å²) in [5.41, 5.74) is 0. The quantitative estimate of drug-likeness (QED) is 0.510. The van der Waals surface area contributed by atoms with Crippen LogP contribution in [0.4, 0.5) is 0 Å². The zero-order valence-electron chi connectivity index (χ0n) is 8.38. The molecule has 0 saturated carbocycles. The molecule has 1 heterocycles. The summed E-state index contributed by atoms with van der Waals surface area (Å²) in [5.74, 6) is 0. The monoisotopic (exact) mass is 226 g/mol. The Balaban J connectivity index is 0.000000292. The van der Waals surface area contributed by atoms with Gasteiger partial charge in [-0.05, 0) is 13.8 Å². The first-order chi connectivity index (χ1) is 6.25. The normalized spacial score (nSPS) is 20.9. The average molecular weight is 227 g/mol. The van der Waals surface area contributed by atoms with E-state index in [1.54, 1.807) is 0 Å². The second kappa shape index (κ2) is 5.38. The van der Waals surface area contributed by atoms with Crippen molar-refractivity contribution in [1.82, 2.24) is 9.80 Å². The molecule has 0 saturated heterocycles. The zero-order chi connectivity index (χ0) is 11.4. The van der Waals surface area contributed by atoms with Gasteiger partial charge < -0.3 is 9.80 Å². The van der Waals surface area contributed by atoms with E-state index in [9.17, 15) is 0 Å². The third kappa shape index (κ3) is 6.01. The molecule has 1 aliphatic heterocycles. The highest BCUT2D eigenvalue weighted by molar-refractivity contribution is 4.92. The van der Waals surface area contributed by atoms with E-state index in [0.29, 0.717) is 6.17 Å². The number of hydrogen-bond donors (Lipinski definition) is 1. The Hall–Kier alpha value is -0.530. The summed E-state index contributed by atoms with van der Waals surface area (Å²) < 4.78 is 32.7. The number of nitrogens with zero attached hydrogens (tertiary/aromatic N) is 2. The van der Waals surface area contributed by atoms with Gasteiger partial charge in [-0.25, -0.2) is 0 Å². The maximum absolute atomic E-state index is 8.60. The lowest BCUT2D eigenvalue weighted by atomic mass is 10.5. The Labute approximate surface area is 85.4 Å². The van der Waals surface area contributed by atoms with E-state index >= 15 is 0 Å². The van der Waals surface area contributed by atoms with Gasteiger partial charge in [-0.1, -0.05) is 0 Å². The van der Waals surface area contributed by atoms with Crippen molar-refractivity contribution in [1.29, 1.82) is 0 Å². The molecule has 7 heteroatoms. The maximum atomic E-state index is 8.60. The molecule has 1 aliphatic rings. The van der Waals surface area contributed by atoms with Crippen LogP contribution >= 0.6 is 0 Å². The Bertz CT molecular complexity index is 189. The van der Waals surface area contributed by atoms with Crippen molar-refractivity contribution in [2.24, 2.45) is 0 Å². The molecule has 0 amide bonds. The van der Waals surface area contributed by atoms with E-state index in [1.165, 1.54) is 0 Å². The molecule has 0 aromatic rings. The van der Waals surface area contributed by atoms with Crippen LogP contribution in [0.15, 0.2) is 12.4 Å². The van der Waals surface area contributed by atoms with E-state index in [2.05, 4.69) is 43.1 Å². The van der Waals surface area contributed by atoms with Crippen molar-refractivity contribution in [3.8, 4) is 0 Å². The minimum absolute atomic E-state index is 0.551. The predicted octanol–water partition coefficient (Wildman–Crippen LogP) is -3.05. The predicted molar refractivity (Wildman–Crippen MR) is 41.0 cm³/mol. The Morgan fingerprint density at radius 2 is 1.79 bits per heavy atom. The Morgan fingerprint density at radius 3 is 1.93 bits per heavy atom. The number of halogens is 1. The van der Waals surface area contributed by atoms with Crippen molar-refractivity contribution in [3.63, 3.8) is 0 Å². The zero-order valence-corrected chi connectivity index (χ0v) is 9.14. The van der Waals surface area contributed by atoms with Crippen molar-refractivity contribution in [2.75, 3.05) is 13.6 Å². The number of rotatable bonds is 1. The summed E-state index contributed by atoms with van der Waals surface area (Å²) in [4.78, 5) is 4.49. The fourth-order valence-electron chi connectivity index (χ4n) is 1.04. The van der Waals surface area contributed by atoms with Crippen LogP contribution in [0, 0.1) is 10.2 Å². The van der Waals surface area contributed by atoms with Gasteiger partial charge in [0.15, 0.2) is 0 Å². The molecule has 1 atom stereocenters. The fraction of sp³-hybridized carbons (Fsp3) is 0.714. The minimum Gasteiger partial charge on any atom is -0.359 e. The molecule has 0 aliphatic carbocycles. The van der Waals surface area contributed by atoms with Gasteiger partial charge in [-0.3, -0.25) is 0 Å². The van der Waals surface area contributed by atoms with E-state index in [1.807, 2.05) is 0 Å². The van der Waals surface area contributed by atoms with Gasteiger partial charge in [-0.15, -0.1) is 0 Å². The highest BCUT2D eigenvalue weighted by Gasteiger charge is 2.15. The lowest BCUT2D eigenvalue weighted by molar-refractivity contribution is -1.92. The fourth-order valence-corrected chi connectivity index (χ4v) is 1.04. The molecule has 1 unspecified atom stereocenters. The topological polar surface area (TPSA) is 95.9 Å². The Kier molecular flexibility index (Phi) is 5.17. The van der Waals surface area contributed by atoms with Crippen molar-refractivity contribution < 1.29 is 28.9 Å². The van der Waals surface area contributed by atoms with E-state index in [4.69, 9.17) is 18.6 Å². The third-order valence-corrected chi connectivity index (χ3v) is 1.93. The molecule has 84 valence electrons. The molecule has 6 nitrogen and oxygen atoms in total. The van der Waals surface area contributed by atoms with Crippen LogP contribution < -0.4 is 14.0 Å². The molecule has 0 radical (unpaired) electrons. The van der Waals surface area contributed by atoms with Gasteiger partial charge in [0, 0.05) is 26.0 Å². The molecule has 0 spiro atoms. The van der Waals surface area contributed by atoms with E-state index in [0.717, 1.165) is 6.54 Å². The molecule has 1 N–H and O–H groups in total. The first-order valence-corrected chi connectivity index (χ1v) is 5.31. The second-order valence-electron chi connectivity index (χ2n) is 2.82. The summed E-state index contributed by atoms with van der Waals surface area (Å²) in [6.45, 7) is 5.46. The molecule has 0 aromatic heterocycles. The van der Waals surface area contributed by atoms with Gasteiger partial charge in [0.1, 0.15) is 0 Å². The van der Waals surface area contributed by atoms with E-state index in [-0.39, 0.29) is 0 Å². The van der Waals surface area contributed by atoms with Gasteiger partial charge in [-0.2, -0.15) is 14.0 Å². The molecular weight excluding hydrogens is 212 g/mol. The van der Waals surface area contributed by atoms with Crippen LogP contribution in [0.2, 0.25) is 0 Å². The largest absolute Gasteiger partial charge is 0.359 e. The lowest BCUT2D eigenvalue weighted by Gasteiger charge is -2.25. The average Bonchev–Trinajstić information content (AvgIpc) is 2.30. The lowest BCUT2D eigenvalue weighted by Crippen LogP contribution is -2.58. The van der Waals surface area contributed by atoms with Crippen LogP contribution in [0.25, 0.3) is 0 Å². The van der Waals surface area contributed by atoms with Gasteiger partial charge >= 0.3 is 0 Å². The molecule has 0 bridgehead atoms. The highest BCUT2D eigenvalue weighted by atomic mass is 35.7. The molecule has 1 rings (SSSR count). The third-order valence-electron chi connectivity index (χ3n) is 1.93. The van der Waals surface area contributed by atoms with Crippen molar-refractivity contribution in [3.05, 3.63) is 12.4 Å². The molecular formula is C7H15ClN2O4. The SMILES string of the molecule is CCN1C=CN(C)C1C.[O-][Cl+3]([O-])([O-])O. The Morgan fingerprint density at radius 1 is 1.36 bits per heavy atom. The van der Waals surface area contributed by atoms with Crippen molar-refractivity contribution in [2.45, 2.75) is 20.0 Å². The summed E-state index contributed by atoms with van der Waals surface area (Å²) >= 11 is 0. The maximum Gasteiger partial charge on any atom is 0.0974 e. The number of hydrogen-bond acceptors (Lipinski definition) is 6. The van der Waals surface area contributed by atoms with E-state index < -0.39 is 10.2 Å². The van der Waals surface area contributed by atoms with Crippen LogP contribution in [-0.4, -0.2) is 34.2 Å². The summed E-state index contributed by atoms with van der Waals surface area (Å²) in [7, 11) is -2.60. The minimum atomic E-state index is -4.69. The molecule has 0 aromatic carbocycles. The van der Waals surface area contributed by atoms with Crippen LogP contribution in [0.1, 0.15) is 13.8 Å². The molecule has 0 fully saturated rings. The smallest absolute Gasteiger partial charge is 0.0974 e. The van der Waals surface area contributed by atoms with Crippen LogP contribution in [-0.2, 0) is 0 Å². The summed E-state index contributed by atoms with van der Waals surface area (Å²) in [6.07, 6.45) is 4.79. The van der Waals surface area contributed by atoms with Crippen LogP contribution in [0.3, 0.4) is 0 Å². The first kappa shape index (κ1) is 13.5. The van der Waals surface area contributed by atoms with Crippen LogP contribution in [0.5, 0.6) is 0 Å². The first-order valence-electron chi connectivity index (χ1n) is 4.05.